The second kappa shape index (κ2) is 9.24. The standard InChI is InChI=1S/C24H18ClN3O2S2/c25-19-8-12-21(13-9-19)30-20-10-6-18(7-11-20)22-16-28-23(26-22)31-24(27-28)32(29)15-14-17-4-2-1-3-5-17/h1-13,16H,14-15H2. The van der Waals surface area contributed by atoms with Gasteiger partial charge in [-0.1, -0.05) is 53.3 Å². The van der Waals surface area contributed by atoms with Crippen LogP contribution in [0.2, 0.25) is 5.02 Å². The lowest BCUT2D eigenvalue weighted by Gasteiger charge is -2.06. The van der Waals surface area contributed by atoms with E-state index in [1.165, 1.54) is 16.9 Å². The van der Waals surface area contributed by atoms with Gasteiger partial charge in [-0.3, -0.25) is 4.21 Å². The lowest BCUT2D eigenvalue weighted by Crippen LogP contribution is -2.01. The Morgan fingerprint density at radius 2 is 1.62 bits per heavy atom. The number of imidazole rings is 1. The van der Waals surface area contributed by atoms with Crippen LogP contribution < -0.4 is 4.74 Å². The summed E-state index contributed by atoms with van der Waals surface area (Å²) < 4.78 is 20.8. The van der Waals surface area contributed by atoms with E-state index in [0.717, 1.165) is 34.1 Å². The third kappa shape index (κ3) is 4.75. The summed E-state index contributed by atoms with van der Waals surface area (Å²) in [4.78, 5) is 5.38. The smallest absolute Gasteiger partial charge is 0.213 e. The predicted octanol–water partition coefficient (Wildman–Crippen LogP) is 6.25. The number of halogens is 1. The number of aromatic nitrogens is 3. The van der Waals surface area contributed by atoms with E-state index in [9.17, 15) is 4.21 Å². The lowest BCUT2D eigenvalue weighted by molar-refractivity contribution is 0.483. The summed E-state index contributed by atoms with van der Waals surface area (Å²) in [6.07, 6.45) is 2.61. The van der Waals surface area contributed by atoms with Crippen LogP contribution in [0.15, 0.2) is 89.4 Å². The average molecular weight is 480 g/mol. The first-order valence-corrected chi connectivity index (χ1v) is 12.5. The number of fused-ring (bicyclic) bond motifs is 1. The Bertz CT molecular complexity index is 1330. The Morgan fingerprint density at radius 3 is 2.31 bits per heavy atom. The molecule has 2 aromatic heterocycles. The number of hydrogen-bond acceptors (Lipinski definition) is 5. The SMILES string of the molecule is O=S(CCc1ccccc1)c1nn2cc(-c3ccc(Oc4ccc(Cl)cc4)cc3)nc2s1. The zero-order valence-corrected chi connectivity index (χ0v) is 19.2. The van der Waals surface area contributed by atoms with Gasteiger partial charge in [0.1, 0.15) is 11.5 Å². The van der Waals surface area contributed by atoms with Gasteiger partial charge in [-0.15, -0.1) is 5.10 Å². The van der Waals surface area contributed by atoms with Crippen LogP contribution in [0.5, 0.6) is 11.5 Å². The van der Waals surface area contributed by atoms with E-state index in [2.05, 4.69) is 10.1 Å². The molecule has 0 amide bonds. The van der Waals surface area contributed by atoms with Gasteiger partial charge in [-0.05, 0) is 60.5 Å². The van der Waals surface area contributed by atoms with E-state index in [-0.39, 0.29) is 0 Å². The zero-order valence-electron chi connectivity index (χ0n) is 16.8. The Kier molecular flexibility index (Phi) is 6.03. The molecule has 0 saturated carbocycles. The Hall–Kier alpha value is -3.00. The minimum Gasteiger partial charge on any atom is -0.457 e. The highest BCUT2D eigenvalue weighted by Crippen LogP contribution is 2.28. The van der Waals surface area contributed by atoms with Crippen LogP contribution in [0.4, 0.5) is 0 Å². The maximum atomic E-state index is 12.6. The molecule has 1 atom stereocenters. The Balaban J connectivity index is 1.26. The predicted molar refractivity (Wildman–Crippen MR) is 129 cm³/mol. The van der Waals surface area contributed by atoms with Gasteiger partial charge < -0.3 is 4.74 Å². The Morgan fingerprint density at radius 1 is 0.938 bits per heavy atom. The quantitative estimate of drug-likeness (QED) is 0.276. The summed E-state index contributed by atoms with van der Waals surface area (Å²) in [6, 6.07) is 25.0. The van der Waals surface area contributed by atoms with E-state index >= 15 is 0 Å². The van der Waals surface area contributed by atoms with Crippen LogP contribution in [-0.4, -0.2) is 24.6 Å². The molecule has 0 radical (unpaired) electrons. The third-order valence-corrected chi connectivity index (χ3v) is 7.66. The van der Waals surface area contributed by atoms with Crippen molar-refractivity contribution in [2.75, 3.05) is 5.75 Å². The van der Waals surface area contributed by atoms with E-state index in [0.29, 0.717) is 15.1 Å². The zero-order chi connectivity index (χ0) is 21.9. The number of benzene rings is 3. The van der Waals surface area contributed by atoms with Gasteiger partial charge in [-0.25, -0.2) is 9.50 Å². The molecule has 0 spiro atoms. The van der Waals surface area contributed by atoms with Crippen molar-refractivity contribution in [3.05, 3.63) is 95.6 Å². The van der Waals surface area contributed by atoms with Gasteiger partial charge in [0.15, 0.2) is 0 Å². The average Bonchev–Trinajstić information content (AvgIpc) is 3.40. The highest BCUT2D eigenvalue weighted by molar-refractivity contribution is 7.87. The Labute approximate surface area is 196 Å². The van der Waals surface area contributed by atoms with Gasteiger partial charge in [0.25, 0.3) is 0 Å². The molecule has 0 aliphatic carbocycles. The van der Waals surface area contributed by atoms with Gasteiger partial charge in [0.05, 0.1) is 22.7 Å². The molecule has 0 saturated heterocycles. The second-order valence-electron chi connectivity index (χ2n) is 7.09. The molecule has 160 valence electrons. The number of aryl methyl sites for hydroxylation is 1. The first-order chi connectivity index (χ1) is 15.6. The van der Waals surface area contributed by atoms with Crippen molar-refractivity contribution in [2.24, 2.45) is 0 Å². The molecule has 3 aromatic carbocycles. The van der Waals surface area contributed by atoms with Crippen LogP contribution >= 0.6 is 22.9 Å². The van der Waals surface area contributed by atoms with E-state index in [1.807, 2.05) is 72.9 Å². The molecule has 0 aliphatic rings. The molecule has 5 nitrogen and oxygen atoms in total. The fourth-order valence-electron chi connectivity index (χ4n) is 3.19. The highest BCUT2D eigenvalue weighted by Gasteiger charge is 2.14. The molecule has 2 heterocycles. The number of rotatable bonds is 7. The maximum Gasteiger partial charge on any atom is 0.213 e. The first kappa shape index (κ1) is 20.9. The maximum absolute atomic E-state index is 12.6. The largest absolute Gasteiger partial charge is 0.457 e. The molecule has 32 heavy (non-hydrogen) atoms. The highest BCUT2D eigenvalue weighted by atomic mass is 35.5. The second-order valence-corrected chi connectivity index (χ2v) is 10.2. The van der Waals surface area contributed by atoms with Crippen LogP contribution in [0.25, 0.3) is 16.2 Å². The fourth-order valence-corrected chi connectivity index (χ4v) is 5.55. The van der Waals surface area contributed by atoms with Crippen LogP contribution in [0, 0.1) is 0 Å². The van der Waals surface area contributed by atoms with Gasteiger partial charge >= 0.3 is 0 Å². The summed E-state index contributed by atoms with van der Waals surface area (Å²) in [5.41, 5.74) is 2.94. The molecule has 0 N–H and O–H groups in total. The third-order valence-electron chi connectivity index (χ3n) is 4.84. The van der Waals surface area contributed by atoms with Crippen LogP contribution in [-0.2, 0) is 17.2 Å². The molecule has 0 aliphatic heterocycles. The monoisotopic (exact) mass is 479 g/mol. The van der Waals surface area contributed by atoms with Crippen LogP contribution in [0.3, 0.4) is 0 Å². The normalized spacial score (nSPS) is 12.2. The number of ether oxygens (including phenoxy) is 1. The van der Waals surface area contributed by atoms with Crippen molar-refractivity contribution >= 4 is 38.7 Å². The molecule has 0 bridgehead atoms. The lowest BCUT2D eigenvalue weighted by atomic mass is 10.2. The van der Waals surface area contributed by atoms with Crippen molar-refractivity contribution in [3.63, 3.8) is 0 Å². The molecule has 5 aromatic rings. The summed E-state index contributed by atoms with van der Waals surface area (Å²) >= 11 is 7.28. The van der Waals surface area contributed by atoms with Crippen molar-refractivity contribution < 1.29 is 8.95 Å². The van der Waals surface area contributed by atoms with Gasteiger partial charge in [-0.2, -0.15) is 0 Å². The van der Waals surface area contributed by atoms with Crippen molar-refractivity contribution in [3.8, 4) is 22.8 Å². The van der Waals surface area contributed by atoms with E-state index in [1.54, 1.807) is 16.6 Å². The van der Waals surface area contributed by atoms with Gasteiger partial charge in [0, 0.05) is 16.3 Å². The number of nitrogens with zero attached hydrogens (tertiary/aromatic N) is 3. The minimum absolute atomic E-state index is 0.544. The minimum atomic E-state index is -1.15. The molecule has 8 heteroatoms. The molecule has 0 fully saturated rings. The molecular formula is C24H18ClN3O2S2. The first-order valence-electron chi connectivity index (χ1n) is 9.96. The summed E-state index contributed by atoms with van der Waals surface area (Å²) in [5, 5.41) is 5.16. The van der Waals surface area contributed by atoms with Crippen molar-refractivity contribution in [1.29, 1.82) is 0 Å². The van der Waals surface area contributed by atoms with Gasteiger partial charge in [0.2, 0.25) is 9.30 Å². The summed E-state index contributed by atoms with van der Waals surface area (Å²) in [5.74, 6) is 2.00. The van der Waals surface area contributed by atoms with Crippen molar-refractivity contribution in [1.82, 2.24) is 14.6 Å². The topological polar surface area (TPSA) is 56.5 Å². The van der Waals surface area contributed by atoms with E-state index in [4.69, 9.17) is 16.3 Å². The van der Waals surface area contributed by atoms with Crippen LogP contribution in [0.1, 0.15) is 5.56 Å². The molecule has 1 unspecified atom stereocenters. The molecule has 5 rings (SSSR count). The van der Waals surface area contributed by atoms with E-state index < -0.39 is 10.8 Å². The number of hydrogen-bond donors (Lipinski definition) is 0. The fraction of sp³-hybridized carbons (Fsp3) is 0.0833. The summed E-state index contributed by atoms with van der Waals surface area (Å²) in [6.45, 7) is 0. The summed E-state index contributed by atoms with van der Waals surface area (Å²) in [7, 11) is -1.15. The van der Waals surface area contributed by atoms with Crippen molar-refractivity contribution in [2.45, 2.75) is 10.8 Å². The molecular weight excluding hydrogens is 462 g/mol.